The van der Waals surface area contributed by atoms with Crippen LogP contribution in [0.15, 0.2) is 54.6 Å². The van der Waals surface area contributed by atoms with E-state index in [1.165, 1.54) is 0 Å². The molecule has 0 heterocycles. The van der Waals surface area contributed by atoms with E-state index in [0.717, 1.165) is 11.4 Å². The molecule has 0 fully saturated rings. The lowest BCUT2D eigenvalue weighted by Crippen LogP contribution is -2.48. The number of ether oxygens (including phenoxy) is 1. The fourth-order valence-electron chi connectivity index (χ4n) is 1.98. The number of benzene rings is 2. The second-order valence-electron chi connectivity index (χ2n) is 4.92. The number of halogens is 3. The zero-order chi connectivity index (χ0) is 17.6. The molecule has 0 spiro atoms. The quantitative estimate of drug-likeness (QED) is 0.412. The zero-order valence-electron chi connectivity index (χ0n) is 12.9. The van der Waals surface area contributed by atoms with Crippen molar-refractivity contribution in [3.8, 4) is 5.75 Å². The minimum Gasteiger partial charge on any atom is -0.494 e. The SMILES string of the molecule is CCOc1ccc(N[C@H](NC(=O)c2ccccc2)C(Br)(Br)Br)cc1. The summed E-state index contributed by atoms with van der Waals surface area (Å²) in [6.45, 7) is 2.56. The predicted octanol–water partition coefficient (Wildman–Crippen LogP) is 5.09. The topological polar surface area (TPSA) is 50.4 Å². The van der Waals surface area contributed by atoms with E-state index in [1.807, 2.05) is 49.4 Å². The van der Waals surface area contributed by atoms with Gasteiger partial charge in [0.05, 0.1) is 6.61 Å². The van der Waals surface area contributed by atoms with Crippen molar-refractivity contribution < 1.29 is 9.53 Å². The Morgan fingerprint density at radius 3 is 2.25 bits per heavy atom. The van der Waals surface area contributed by atoms with Crippen molar-refractivity contribution >= 4 is 59.4 Å². The smallest absolute Gasteiger partial charge is 0.252 e. The first-order valence-electron chi connectivity index (χ1n) is 7.32. The molecular weight excluding hydrogens is 504 g/mol. The summed E-state index contributed by atoms with van der Waals surface area (Å²) < 4.78 is 4.72. The molecule has 7 heteroatoms. The van der Waals surface area contributed by atoms with Gasteiger partial charge in [0.2, 0.25) is 0 Å². The molecule has 2 rings (SSSR count). The van der Waals surface area contributed by atoms with Crippen LogP contribution in [0.4, 0.5) is 5.69 Å². The average Bonchev–Trinajstić information content (AvgIpc) is 2.56. The lowest BCUT2D eigenvalue weighted by molar-refractivity contribution is 0.0943. The molecule has 24 heavy (non-hydrogen) atoms. The molecule has 0 saturated carbocycles. The first-order valence-corrected chi connectivity index (χ1v) is 9.70. The van der Waals surface area contributed by atoms with Crippen molar-refractivity contribution in [1.82, 2.24) is 5.32 Å². The lowest BCUT2D eigenvalue weighted by atomic mass is 10.2. The number of hydrogen-bond acceptors (Lipinski definition) is 3. The third-order valence-electron chi connectivity index (χ3n) is 3.12. The molecular formula is C17H17Br3N2O2. The summed E-state index contributed by atoms with van der Waals surface area (Å²) >= 11 is 10.4. The number of alkyl halides is 3. The maximum Gasteiger partial charge on any atom is 0.252 e. The van der Waals surface area contributed by atoms with Crippen LogP contribution in [0, 0.1) is 0 Å². The van der Waals surface area contributed by atoms with Gasteiger partial charge < -0.3 is 15.4 Å². The monoisotopic (exact) mass is 518 g/mol. The minimum absolute atomic E-state index is 0.179. The Labute approximate surface area is 166 Å². The molecule has 128 valence electrons. The minimum atomic E-state index is -0.712. The first-order chi connectivity index (χ1) is 11.4. The molecule has 2 aromatic carbocycles. The van der Waals surface area contributed by atoms with Gasteiger partial charge in [-0.25, -0.2) is 0 Å². The maximum absolute atomic E-state index is 12.4. The molecule has 0 saturated heterocycles. The van der Waals surface area contributed by atoms with E-state index in [4.69, 9.17) is 4.74 Å². The number of nitrogens with one attached hydrogen (secondary N) is 2. The summed E-state index contributed by atoms with van der Waals surface area (Å²) in [4.78, 5) is 12.4. The normalized spacial score (nSPS) is 12.3. The lowest BCUT2D eigenvalue weighted by Gasteiger charge is -2.28. The van der Waals surface area contributed by atoms with Crippen LogP contribution in [-0.2, 0) is 0 Å². The van der Waals surface area contributed by atoms with Gasteiger partial charge in [-0.15, -0.1) is 0 Å². The standard InChI is InChI=1S/C17H17Br3N2O2/c1-2-24-14-10-8-13(9-11-14)21-16(17(18,19)20)22-15(23)12-6-4-3-5-7-12/h3-11,16,21H,2H2,1H3,(H,22,23)/t16-/m1/s1. The van der Waals surface area contributed by atoms with Gasteiger partial charge in [0.1, 0.15) is 11.9 Å². The molecule has 0 unspecified atom stereocenters. The van der Waals surface area contributed by atoms with Crippen LogP contribution in [0.2, 0.25) is 0 Å². The summed E-state index contributed by atoms with van der Waals surface area (Å²) in [6, 6.07) is 16.6. The van der Waals surface area contributed by atoms with Gasteiger partial charge >= 0.3 is 0 Å². The van der Waals surface area contributed by atoms with E-state index in [0.29, 0.717) is 12.2 Å². The Morgan fingerprint density at radius 2 is 1.71 bits per heavy atom. The Bertz CT molecular complexity index is 658. The Balaban J connectivity index is 2.10. The van der Waals surface area contributed by atoms with E-state index < -0.39 is 8.31 Å². The molecule has 2 aromatic rings. The molecule has 0 aliphatic rings. The van der Waals surface area contributed by atoms with Gasteiger partial charge in [0.25, 0.3) is 5.91 Å². The van der Waals surface area contributed by atoms with Crippen LogP contribution in [0.5, 0.6) is 5.75 Å². The van der Waals surface area contributed by atoms with E-state index in [-0.39, 0.29) is 5.91 Å². The summed E-state index contributed by atoms with van der Waals surface area (Å²) in [5.41, 5.74) is 1.44. The predicted molar refractivity (Wildman–Crippen MR) is 108 cm³/mol. The molecule has 2 N–H and O–H groups in total. The Kier molecular flexibility index (Phi) is 7.13. The molecule has 0 aromatic heterocycles. The van der Waals surface area contributed by atoms with E-state index in [9.17, 15) is 4.79 Å². The number of anilines is 1. The van der Waals surface area contributed by atoms with Crippen molar-refractivity contribution in [2.45, 2.75) is 15.2 Å². The third-order valence-corrected chi connectivity index (χ3v) is 4.49. The van der Waals surface area contributed by atoms with Crippen LogP contribution in [-0.4, -0.2) is 20.8 Å². The second kappa shape index (κ2) is 8.87. The number of amides is 1. The maximum atomic E-state index is 12.4. The Morgan fingerprint density at radius 1 is 1.08 bits per heavy atom. The molecule has 0 aliphatic carbocycles. The highest BCUT2D eigenvalue weighted by Gasteiger charge is 2.32. The van der Waals surface area contributed by atoms with Crippen molar-refractivity contribution in [3.05, 3.63) is 60.2 Å². The number of rotatable bonds is 6. The summed E-state index contributed by atoms with van der Waals surface area (Å²) in [5, 5.41) is 6.20. The van der Waals surface area contributed by atoms with Crippen molar-refractivity contribution in [2.75, 3.05) is 11.9 Å². The van der Waals surface area contributed by atoms with Gasteiger partial charge in [0.15, 0.2) is 2.14 Å². The molecule has 1 amide bonds. The fraction of sp³-hybridized carbons (Fsp3) is 0.235. The van der Waals surface area contributed by atoms with Crippen molar-refractivity contribution in [2.24, 2.45) is 0 Å². The van der Waals surface area contributed by atoms with Gasteiger partial charge in [-0.1, -0.05) is 66.0 Å². The first kappa shape index (κ1) is 19.3. The van der Waals surface area contributed by atoms with Gasteiger partial charge in [-0.05, 0) is 43.3 Å². The van der Waals surface area contributed by atoms with Crippen molar-refractivity contribution in [3.63, 3.8) is 0 Å². The van der Waals surface area contributed by atoms with Gasteiger partial charge in [-0.2, -0.15) is 0 Å². The number of hydrogen-bond donors (Lipinski definition) is 2. The van der Waals surface area contributed by atoms with Gasteiger partial charge in [-0.3, -0.25) is 4.79 Å². The second-order valence-corrected chi connectivity index (χ2v) is 11.9. The van der Waals surface area contributed by atoms with Crippen molar-refractivity contribution in [1.29, 1.82) is 0 Å². The highest BCUT2D eigenvalue weighted by Crippen LogP contribution is 2.37. The number of carbonyl (C=O) groups is 1. The third kappa shape index (κ3) is 5.79. The fourth-order valence-corrected chi connectivity index (χ4v) is 2.67. The van der Waals surface area contributed by atoms with Crippen LogP contribution in [0.1, 0.15) is 17.3 Å². The van der Waals surface area contributed by atoms with Crippen LogP contribution in [0.3, 0.4) is 0 Å². The summed E-state index contributed by atoms with van der Waals surface area (Å²) in [6.07, 6.45) is -0.455. The molecule has 0 bridgehead atoms. The van der Waals surface area contributed by atoms with Gasteiger partial charge in [0, 0.05) is 11.3 Å². The Hall–Kier alpha value is -1.05. The number of carbonyl (C=O) groups excluding carboxylic acids is 1. The van der Waals surface area contributed by atoms with E-state index >= 15 is 0 Å². The largest absolute Gasteiger partial charge is 0.494 e. The molecule has 0 radical (unpaired) electrons. The molecule has 1 atom stereocenters. The summed E-state index contributed by atoms with van der Waals surface area (Å²) in [7, 11) is 0. The van der Waals surface area contributed by atoms with E-state index in [2.05, 4.69) is 58.4 Å². The summed E-state index contributed by atoms with van der Waals surface area (Å²) in [5.74, 6) is 0.623. The van der Waals surface area contributed by atoms with E-state index in [1.54, 1.807) is 12.1 Å². The van der Waals surface area contributed by atoms with Crippen LogP contribution in [0.25, 0.3) is 0 Å². The zero-order valence-corrected chi connectivity index (χ0v) is 17.7. The van der Waals surface area contributed by atoms with Crippen LogP contribution < -0.4 is 15.4 Å². The molecule has 0 aliphatic heterocycles. The highest BCUT2D eigenvalue weighted by atomic mass is 80.0. The van der Waals surface area contributed by atoms with Crippen LogP contribution >= 0.6 is 47.8 Å². The molecule has 4 nitrogen and oxygen atoms in total. The average molecular weight is 521 g/mol. The highest BCUT2D eigenvalue weighted by molar-refractivity contribution is 9.39.